The van der Waals surface area contributed by atoms with Gasteiger partial charge in [0.15, 0.2) is 0 Å². The van der Waals surface area contributed by atoms with E-state index in [2.05, 4.69) is 43.5 Å². The van der Waals surface area contributed by atoms with E-state index in [-0.39, 0.29) is 17.7 Å². The van der Waals surface area contributed by atoms with E-state index in [1.807, 2.05) is 30.3 Å². The van der Waals surface area contributed by atoms with Crippen molar-refractivity contribution >= 4 is 50.4 Å². The van der Waals surface area contributed by atoms with Crippen molar-refractivity contribution in [2.75, 3.05) is 33.5 Å². The average Bonchev–Trinajstić information content (AvgIpc) is 3.11. The van der Waals surface area contributed by atoms with Crippen molar-refractivity contribution < 1.29 is 38.1 Å². The van der Waals surface area contributed by atoms with Gasteiger partial charge < -0.3 is 23.7 Å². The molecule has 0 bridgehead atoms. The van der Waals surface area contributed by atoms with Crippen molar-refractivity contribution in [2.45, 2.75) is 56.3 Å². The Hall–Kier alpha value is -4.60. The first kappa shape index (κ1) is 37.2. The monoisotopic (exact) mass is 684 g/mol. The number of carbonyl (C=O) groups is 3. The smallest absolute Gasteiger partial charge is 0.335 e. The topological polar surface area (TPSA) is 97.4 Å². The number of rotatable bonds is 21. The van der Waals surface area contributed by atoms with Crippen LogP contribution in [0.3, 0.4) is 0 Å². The van der Waals surface area contributed by atoms with Crippen LogP contribution in [-0.4, -0.2) is 50.6 Å². The van der Waals surface area contributed by atoms with Crippen LogP contribution in [0.25, 0.3) is 21.5 Å². The maximum atomic E-state index is 13.0. The number of carbonyl (C=O) groups excluding carboxylic acids is 3. The van der Waals surface area contributed by atoms with Crippen molar-refractivity contribution in [1.29, 1.82) is 0 Å². The van der Waals surface area contributed by atoms with E-state index < -0.39 is 5.97 Å². The van der Waals surface area contributed by atoms with Crippen LogP contribution in [0.5, 0.6) is 11.5 Å². The Labute approximate surface area is 292 Å². The number of hydrogen-bond donors (Lipinski definition) is 0. The van der Waals surface area contributed by atoms with Crippen molar-refractivity contribution in [3.63, 3.8) is 0 Å². The van der Waals surface area contributed by atoms with Gasteiger partial charge in [-0.15, -0.1) is 0 Å². The van der Waals surface area contributed by atoms with Gasteiger partial charge in [0.25, 0.3) is 0 Å². The molecule has 0 saturated carbocycles. The molecule has 0 saturated heterocycles. The molecule has 0 heterocycles. The molecule has 0 atom stereocenters. The highest BCUT2D eigenvalue weighted by Gasteiger charge is 2.11. The molecule has 0 aliphatic rings. The Bertz CT molecular complexity index is 1730. The molecule has 0 radical (unpaired) electrons. The highest BCUT2D eigenvalue weighted by molar-refractivity contribution is 8.14. The Morgan fingerprint density at radius 1 is 0.714 bits per heavy atom. The van der Waals surface area contributed by atoms with Crippen LogP contribution in [0.4, 0.5) is 0 Å². The van der Waals surface area contributed by atoms with E-state index in [1.165, 1.54) is 18.9 Å². The molecule has 49 heavy (non-hydrogen) atoms. The Kier molecular flexibility index (Phi) is 15.2. The molecule has 4 aromatic carbocycles. The minimum atomic E-state index is -0.402. The molecule has 4 aromatic rings. The first-order chi connectivity index (χ1) is 23.9. The number of ether oxygens (including phenoxy) is 5. The Morgan fingerprint density at radius 3 is 2.02 bits per heavy atom. The summed E-state index contributed by atoms with van der Waals surface area (Å²) in [6.45, 7) is 8.74. The number of methoxy groups -OCH3 is 1. The van der Waals surface area contributed by atoms with Crippen LogP contribution in [-0.2, 0) is 23.8 Å². The number of benzene rings is 4. The number of fused-ring (bicyclic) bond motifs is 3. The van der Waals surface area contributed by atoms with Gasteiger partial charge in [0.1, 0.15) is 11.5 Å². The summed E-state index contributed by atoms with van der Waals surface area (Å²) in [6, 6.07) is 23.6. The molecule has 0 aliphatic carbocycles. The van der Waals surface area contributed by atoms with E-state index in [0.717, 1.165) is 83.4 Å². The second-order valence-electron chi connectivity index (χ2n) is 11.5. The lowest BCUT2D eigenvalue weighted by molar-refractivity contribution is -0.140. The maximum absolute atomic E-state index is 13.0. The van der Waals surface area contributed by atoms with Crippen molar-refractivity contribution in [2.24, 2.45) is 0 Å². The minimum Gasteiger partial charge on any atom is -0.494 e. The Morgan fingerprint density at radius 2 is 1.33 bits per heavy atom. The highest BCUT2D eigenvalue weighted by atomic mass is 32.2. The molecule has 0 amide bonds. The molecule has 0 spiro atoms. The third-order valence-corrected chi connectivity index (χ3v) is 8.65. The summed E-state index contributed by atoms with van der Waals surface area (Å²) >= 11 is 1.21. The molecule has 0 aliphatic heterocycles. The second kappa shape index (κ2) is 20.0. The van der Waals surface area contributed by atoms with Gasteiger partial charge in [0, 0.05) is 24.0 Å². The molecule has 0 aromatic heterocycles. The van der Waals surface area contributed by atoms with Gasteiger partial charge in [-0.3, -0.25) is 9.59 Å². The van der Waals surface area contributed by atoms with Gasteiger partial charge >= 0.3 is 11.9 Å². The first-order valence-electron chi connectivity index (χ1n) is 16.6. The average molecular weight is 685 g/mol. The summed E-state index contributed by atoms with van der Waals surface area (Å²) in [5.74, 6) is 0.861. The lowest BCUT2D eigenvalue weighted by Gasteiger charge is -2.10. The summed E-state index contributed by atoms with van der Waals surface area (Å²) in [7, 11) is 1.52. The third-order valence-electron chi connectivity index (χ3n) is 7.74. The largest absolute Gasteiger partial charge is 0.494 e. The summed E-state index contributed by atoms with van der Waals surface area (Å²) in [5, 5.41) is 4.36. The van der Waals surface area contributed by atoms with Crippen molar-refractivity contribution in [3.05, 3.63) is 103 Å². The van der Waals surface area contributed by atoms with E-state index in [0.29, 0.717) is 43.1 Å². The molecule has 0 N–H and O–H groups in total. The lowest BCUT2D eigenvalue weighted by atomic mass is 10.0. The Balaban J connectivity index is 1.20. The summed E-state index contributed by atoms with van der Waals surface area (Å²) in [6.07, 6.45) is 7.58. The van der Waals surface area contributed by atoms with Crippen LogP contribution < -0.4 is 9.47 Å². The van der Waals surface area contributed by atoms with Gasteiger partial charge in [-0.1, -0.05) is 37.4 Å². The van der Waals surface area contributed by atoms with Gasteiger partial charge in [0.2, 0.25) is 5.12 Å². The fourth-order valence-electron chi connectivity index (χ4n) is 5.17. The van der Waals surface area contributed by atoms with E-state index in [4.69, 9.17) is 23.7 Å². The fourth-order valence-corrected chi connectivity index (χ4v) is 5.96. The van der Waals surface area contributed by atoms with Crippen LogP contribution in [0, 0.1) is 0 Å². The second-order valence-corrected chi connectivity index (χ2v) is 12.5. The molecule has 4 rings (SSSR count). The van der Waals surface area contributed by atoms with Gasteiger partial charge in [0.05, 0.1) is 38.3 Å². The van der Waals surface area contributed by atoms with Crippen LogP contribution in [0.2, 0.25) is 0 Å². The quantitative estimate of drug-likeness (QED) is 0.0212. The summed E-state index contributed by atoms with van der Waals surface area (Å²) in [4.78, 5) is 37.0. The standard InChI is InChI=1S/C40H44O8S/c1-4-45-38(41)12-8-7-11-23-46-33-17-15-30(16-18-33)40(43)49-35-20-22-37-32(27-35)14-13-31-26-34(19-21-36(31)37)47-24-9-5-6-10-25-48-39(42)29(2)28-44-3/h4,13-22,26-27H,1-2,5-12,23-25,28H2,3H3. The lowest BCUT2D eigenvalue weighted by Crippen LogP contribution is -2.11. The SMILES string of the molecule is C=COC(=O)CCCCCOc1ccc(C(=O)Sc2ccc3c(ccc4cc(OCCCCCCOC(=O)C(=C)COC)ccc43)c2)cc1. The van der Waals surface area contributed by atoms with E-state index in [1.54, 1.807) is 12.1 Å². The zero-order valence-corrected chi connectivity index (χ0v) is 28.9. The summed E-state index contributed by atoms with van der Waals surface area (Å²) in [5.41, 5.74) is 0.933. The number of hydrogen-bond acceptors (Lipinski definition) is 9. The molecule has 9 heteroatoms. The molecule has 0 fully saturated rings. The predicted octanol–water partition coefficient (Wildman–Crippen LogP) is 9.24. The zero-order chi connectivity index (χ0) is 34.8. The van der Waals surface area contributed by atoms with Crippen LogP contribution >= 0.6 is 11.8 Å². The fraction of sp³-hybridized carbons (Fsp3) is 0.325. The van der Waals surface area contributed by atoms with Crippen LogP contribution in [0.15, 0.2) is 103 Å². The first-order valence-corrected chi connectivity index (χ1v) is 17.4. The normalized spacial score (nSPS) is 10.9. The number of esters is 2. The number of unbranched alkanes of at least 4 members (excludes halogenated alkanes) is 5. The highest BCUT2D eigenvalue weighted by Crippen LogP contribution is 2.32. The molecule has 0 unspecified atom stereocenters. The maximum Gasteiger partial charge on any atom is 0.335 e. The van der Waals surface area contributed by atoms with Crippen LogP contribution in [0.1, 0.15) is 61.7 Å². The van der Waals surface area contributed by atoms with E-state index >= 15 is 0 Å². The van der Waals surface area contributed by atoms with E-state index in [9.17, 15) is 14.4 Å². The molecular formula is C40H44O8S. The van der Waals surface area contributed by atoms with Gasteiger partial charge in [-0.05, 0) is 127 Å². The zero-order valence-electron chi connectivity index (χ0n) is 28.1. The van der Waals surface area contributed by atoms with Crippen molar-refractivity contribution in [1.82, 2.24) is 0 Å². The van der Waals surface area contributed by atoms with Gasteiger partial charge in [-0.2, -0.15) is 0 Å². The minimum absolute atomic E-state index is 0.0347. The van der Waals surface area contributed by atoms with Crippen molar-refractivity contribution in [3.8, 4) is 11.5 Å². The predicted molar refractivity (Wildman–Crippen MR) is 194 cm³/mol. The molecular weight excluding hydrogens is 640 g/mol. The molecule has 258 valence electrons. The number of thioether (sulfide) groups is 1. The van der Waals surface area contributed by atoms with Gasteiger partial charge in [-0.25, -0.2) is 4.79 Å². The summed E-state index contributed by atoms with van der Waals surface area (Å²) < 4.78 is 26.6. The molecule has 8 nitrogen and oxygen atoms in total. The third kappa shape index (κ3) is 12.1.